The summed E-state index contributed by atoms with van der Waals surface area (Å²) in [5, 5.41) is 6.16. The van der Waals surface area contributed by atoms with Crippen LogP contribution in [0.3, 0.4) is 0 Å². The minimum Gasteiger partial charge on any atom is -0.329 e. The molecule has 0 bridgehead atoms. The third kappa shape index (κ3) is 4.65. The van der Waals surface area contributed by atoms with Crippen LogP contribution < -0.4 is 5.32 Å². The maximum atomic E-state index is 13.2. The van der Waals surface area contributed by atoms with E-state index in [2.05, 4.69) is 27.8 Å². The zero-order chi connectivity index (χ0) is 20.1. The highest BCUT2D eigenvalue weighted by molar-refractivity contribution is 7.10. The van der Waals surface area contributed by atoms with Gasteiger partial charge in [-0.3, -0.25) is 4.98 Å². The fraction of sp³-hybridized carbons (Fsp3) is 0.348. The number of rotatable bonds is 4. The molecule has 0 spiro atoms. The van der Waals surface area contributed by atoms with Gasteiger partial charge >= 0.3 is 6.03 Å². The molecule has 0 unspecified atom stereocenters. The fourth-order valence-corrected chi connectivity index (χ4v) is 4.68. The van der Waals surface area contributed by atoms with Crippen molar-refractivity contribution in [3.63, 3.8) is 0 Å². The summed E-state index contributed by atoms with van der Waals surface area (Å²) in [6, 6.07) is 14.1. The first-order valence-corrected chi connectivity index (χ1v) is 11.1. The van der Waals surface area contributed by atoms with Crippen LogP contribution in [0.25, 0.3) is 11.3 Å². The zero-order valence-corrected chi connectivity index (χ0v) is 17.4. The van der Waals surface area contributed by atoms with E-state index in [-0.39, 0.29) is 18.1 Å². The molecule has 4 rings (SSSR count). The summed E-state index contributed by atoms with van der Waals surface area (Å²) >= 11 is 1.59. The van der Waals surface area contributed by atoms with Gasteiger partial charge in [0, 0.05) is 29.9 Å². The molecule has 2 amide bonds. The number of pyridine rings is 1. The van der Waals surface area contributed by atoms with Crippen LogP contribution in [0.4, 0.5) is 4.79 Å². The lowest BCUT2D eigenvalue weighted by Gasteiger charge is -2.31. The van der Waals surface area contributed by atoms with Crippen molar-refractivity contribution < 1.29 is 4.79 Å². The van der Waals surface area contributed by atoms with E-state index >= 15 is 0 Å². The van der Waals surface area contributed by atoms with Gasteiger partial charge in [-0.15, -0.1) is 11.3 Å². The first-order chi connectivity index (χ1) is 14.2. The molecule has 6 heteroatoms. The molecule has 0 aliphatic carbocycles. The molecule has 2 aromatic heterocycles. The van der Waals surface area contributed by atoms with Gasteiger partial charge in [0.15, 0.2) is 0 Å². The standard InChI is InChI=1S/C23H26N4OS/c1-17(22-26-20(16-29-22)18-8-4-2-5-9-18)25-23(28)27-15-7-3-6-10-21(27)19-11-13-24-14-12-19/h2,4-5,8-9,11-14,16-17,21H,3,6-7,10,15H2,1H3,(H,25,28)/t17-,21+/m0/s1. The summed E-state index contributed by atoms with van der Waals surface area (Å²) in [5.41, 5.74) is 3.21. The topological polar surface area (TPSA) is 58.1 Å². The van der Waals surface area contributed by atoms with Gasteiger partial charge < -0.3 is 10.2 Å². The molecule has 0 saturated carbocycles. The number of nitrogens with zero attached hydrogens (tertiary/aromatic N) is 3. The highest BCUT2D eigenvalue weighted by Gasteiger charge is 2.28. The second kappa shape index (κ2) is 9.18. The van der Waals surface area contributed by atoms with E-state index in [1.807, 2.05) is 42.2 Å². The molecule has 1 saturated heterocycles. The maximum Gasteiger partial charge on any atom is 0.318 e. The van der Waals surface area contributed by atoms with Crippen LogP contribution in [0.5, 0.6) is 0 Å². The number of nitrogens with one attached hydrogen (secondary N) is 1. The van der Waals surface area contributed by atoms with E-state index in [1.54, 1.807) is 23.7 Å². The minimum absolute atomic E-state index is 0.0160. The number of hydrogen-bond donors (Lipinski definition) is 1. The summed E-state index contributed by atoms with van der Waals surface area (Å²) in [4.78, 5) is 24.0. The highest BCUT2D eigenvalue weighted by Crippen LogP contribution is 2.31. The van der Waals surface area contributed by atoms with Crippen molar-refractivity contribution in [3.05, 3.63) is 70.8 Å². The molecule has 5 nitrogen and oxygen atoms in total. The lowest BCUT2D eigenvalue weighted by molar-refractivity contribution is 0.172. The molecule has 3 aromatic rings. The molecule has 3 heterocycles. The number of urea groups is 1. The lowest BCUT2D eigenvalue weighted by Crippen LogP contribution is -2.43. The van der Waals surface area contributed by atoms with Crippen molar-refractivity contribution in [3.8, 4) is 11.3 Å². The molecule has 1 aliphatic heterocycles. The quantitative estimate of drug-likeness (QED) is 0.614. The largest absolute Gasteiger partial charge is 0.329 e. The Morgan fingerprint density at radius 1 is 1.14 bits per heavy atom. The Labute approximate surface area is 175 Å². The van der Waals surface area contributed by atoms with Crippen LogP contribution in [0.1, 0.15) is 55.3 Å². The molecule has 0 radical (unpaired) electrons. The molecule has 1 N–H and O–H groups in total. The third-order valence-electron chi connectivity index (χ3n) is 5.41. The Kier molecular flexibility index (Phi) is 6.20. The van der Waals surface area contributed by atoms with Gasteiger partial charge in [-0.2, -0.15) is 0 Å². The number of benzene rings is 1. The third-order valence-corrected chi connectivity index (χ3v) is 6.43. The van der Waals surface area contributed by atoms with Crippen LogP contribution in [0.2, 0.25) is 0 Å². The van der Waals surface area contributed by atoms with E-state index in [4.69, 9.17) is 4.98 Å². The number of carbonyl (C=O) groups excluding carboxylic acids is 1. The number of amides is 2. The number of carbonyl (C=O) groups is 1. The van der Waals surface area contributed by atoms with Gasteiger partial charge in [0.05, 0.1) is 17.8 Å². The summed E-state index contributed by atoms with van der Waals surface area (Å²) in [6.45, 7) is 2.78. The average Bonchev–Trinajstić information content (AvgIpc) is 3.13. The highest BCUT2D eigenvalue weighted by atomic mass is 32.1. The van der Waals surface area contributed by atoms with Crippen molar-refractivity contribution in [2.45, 2.75) is 44.7 Å². The molecule has 29 heavy (non-hydrogen) atoms. The molecule has 2 atom stereocenters. The molecule has 1 aliphatic rings. The predicted octanol–water partition coefficient (Wildman–Crippen LogP) is 5.59. The number of thiazole rings is 1. The van der Waals surface area contributed by atoms with Crippen molar-refractivity contribution in [2.24, 2.45) is 0 Å². The lowest BCUT2D eigenvalue weighted by atomic mass is 10.0. The van der Waals surface area contributed by atoms with E-state index < -0.39 is 0 Å². The summed E-state index contributed by atoms with van der Waals surface area (Å²) in [7, 11) is 0. The van der Waals surface area contributed by atoms with Gasteiger partial charge in [-0.1, -0.05) is 43.2 Å². The van der Waals surface area contributed by atoms with Crippen LogP contribution in [0, 0.1) is 0 Å². The van der Waals surface area contributed by atoms with Crippen molar-refractivity contribution in [1.82, 2.24) is 20.2 Å². The maximum absolute atomic E-state index is 13.2. The molecular formula is C23H26N4OS. The molecular weight excluding hydrogens is 380 g/mol. The molecule has 150 valence electrons. The van der Waals surface area contributed by atoms with Gasteiger partial charge in [0.2, 0.25) is 0 Å². The van der Waals surface area contributed by atoms with Crippen molar-refractivity contribution in [1.29, 1.82) is 0 Å². The number of likely N-dealkylation sites (tertiary alicyclic amines) is 1. The normalized spacial score (nSPS) is 18.1. The smallest absolute Gasteiger partial charge is 0.318 e. The Bertz CT molecular complexity index is 928. The zero-order valence-electron chi connectivity index (χ0n) is 16.6. The van der Waals surface area contributed by atoms with E-state index in [9.17, 15) is 4.79 Å². The van der Waals surface area contributed by atoms with E-state index in [0.29, 0.717) is 0 Å². The van der Waals surface area contributed by atoms with Crippen molar-refractivity contribution in [2.75, 3.05) is 6.54 Å². The van der Waals surface area contributed by atoms with Crippen LogP contribution >= 0.6 is 11.3 Å². The second-order valence-electron chi connectivity index (χ2n) is 7.45. The summed E-state index contributed by atoms with van der Waals surface area (Å²) in [6.07, 6.45) is 7.94. The van der Waals surface area contributed by atoms with Gasteiger partial charge in [0.25, 0.3) is 0 Å². The van der Waals surface area contributed by atoms with Crippen molar-refractivity contribution >= 4 is 17.4 Å². The Balaban J connectivity index is 1.48. The fourth-order valence-electron chi connectivity index (χ4n) is 3.84. The predicted molar refractivity (Wildman–Crippen MR) is 117 cm³/mol. The summed E-state index contributed by atoms with van der Waals surface area (Å²) < 4.78 is 0. The van der Waals surface area contributed by atoms with E-state index in [0.717, 1.165) is 54.1 Å². The van der Waals surface area contributed by atoms with E-state index in [1.165, 1.54) is 0 Å². The second-order valence-corrected chi connectivity index (χ2v) is 8.34. The van der Waals surface area contributed by atoms with Gasteiger partial charge in [-0.05, 0) is 37.5 Å². The van der Waals surface area contributed by atoms with Crippen LogP contribution in [0.15, 0.2) is 60.2 Å². The molecule has 1 fully saturated rings. The first-order valence-electron chi connectivity index (χ1n) is 10.2. The SMILES string of the molecule is C[C@H](NC(=O)N1CCCCC[C@@H]1c1ccncc1)c1nc(-c2ccccc2)cs1. The van der Waals surface area contributed by atoms with Crippen LogP contribution in [-0.4, -0.2) is 27.4 Å². The Morgan fingerprint density at radius 3 is 2.72 bits per heavy atom. The average molecular weight is 407 g/mol. The van der Waals surface area contributed by atoms with Gasteiger partial charge in [0.1, 0.15) is 5.01 Å². The summed E-state index contributed by atoms with van der Waals surface area (Å²) in [5.74, 6) is 0. The monoisotopic (exact) mass is 406 g/mol. The molecule has 1 aromatic carbocycles. The minimum atomic E-state index is -0.133. The van der Waals surface area contributed by atoms with Gasteiger partial charge in [-0.25, -0.2) is 9.78 Å². The number of aromatic nitrogens is 2. The Morgan fingerprint density at radius 2 is 1.93 bits per heavy atom. The van der Waals surface area contributed by atoms with Crippen LogP contribution in [-0.2, 0) is 0 Å². The Hall–Kier alpha value is -2.73. The number of hydrogen-bond acceptors (Lipinski definition) is 4. The first kappa shape index (κ1) is 19.6.